The molecule has 1 aromatic carbocycles. The third-order valence-electron chi connectivity index (χ3n) is 4.01. The zero-order chi connectivity index (χ0) is 15.3. The van der Waals surface area contributed by atoms with Crippen LogP contribution >= 0.6 is 0 Å². The molecule has 0 bridgehead atoms. The zero-order valence-corrected chi connectivity index (χ0v) is 12.9. The lowest BCUT2D eigenvalue weighted by atomic mass is 9.93. The number of nitrogens with zero attached hydrogens (tertiary/aromatic N) is 1. The summed E-state index contributed by atoms with van der Waals surface area (Å²) < 4.78 is 19.4. The molecule has 1 aliphatic heterocycles. The van der Waals surface area contributed by atoms with Gasteiger partial charge in [0.25, 0.3) is 0 Å². The Morgan fingerprint density at radius 1 is 1.38 bits per heavy atom. The van der Waals surface area contributed by atoms with Crippen molar-refractivity contribution in [1.82, 2.24) is 5.32 Å². The molecule has 2 rings (SSSR count). The molecule has 0 amide bonds. The maximum atomic E-state index is 14.1. The predicted molar refractivity (Wildman–Crippen MR) is 82.1 cm³/mol. The van der Waals surface area contributed by atoms with Gasteiger partial charge in [0.05, 0.1) is 5.60 Å². The zero-order valence-electron chi connectivity index (χ0n) is 12.9. The van der Waals surface area contributed by atoms with Crippen LogP contribution in [0.2, 0.25) is 0 Å². The lowest BCUT2D eigenvalue weighted by molar-refractivity contribution is -0.0572. The van der Waals surface area contributed by atoms with Crippen LogP contribution in [0.4, 0.5) is 10.1 Å². The van der Waals surface area contributed by atoms with E-state index in [9.17, 15) is 9.50 Å². The first-order chi connectivity index (χ1) is 10.1. The van der Waals surface area contributed by atoms with Crippen LogP contribution in [0.25, 0.3) is 0 Å². The van der Waals surface area contributed by atoms with Crippen molar-refractivity contribution in [2.45, 2.75) is 31.9 Å². The van der Waals surface area contributed by atoms with E-state index >= 15 is 0 Å². The fourth-order valence-corrected chi connectivity index (χ4v) is 2.77. The normalized spacial score (nSPS) is 17.7. The van der Waals surface area contributed by atoms with E-state index < -0.39 is 5.60 Å². The highest BCUT2D eigenvalue weighted by molar-refractivity contribution is 5.54. The quantitative estimate of drug-likeness (QED) is 0.842. The minimum atomic E-state index is -0.755. The molecule has 21 heavy (non-hydrogen) atoms. The molecule has 1 aliphatic rings. The highest BCUT2D eigenvalue weighted by Crippen LogP contribution is 2.27. The summed E-state index contributed by atoms with van der Waals surface area (Å²) in [6.07, 6.45) is 1.24. The average Bonchev–Trinajstić information content (AvgIpc) is 2.46. The lowest BCUT2D eigenvalue weighted by Crippen LogP contribution is -2.46. The highest BCUT2D eigenvalue weighted by atomic mass is 19.1. The third kappa shape index (κ3) is 4.15. The Morgan fingerprint density at radius 2 is 2.10 bits per heavy atom. The van der Waals surface area contributed by atoms with E-state index in [1.165, 1.54) is 6.07 Å². The van der Waals surface area contributed by atoms with Crippen molar-refractivity contribution in [1.29, 1.82) is 0 Å². The van der Waals surface area contributed by atoms with Gasteiger partial charge in [-0.05, 0) is 18.7 Å². The number of halogens is 1. The van der Waals surface area contributed by atoms with Gasteiger partial charge in [-0.15, -0.1) is 0 Å². The number of hydrogen-bond acceptors (Lipinski definition) is 4. The molecular formula is C16H25FN2O2. The number of likely N-dealkylation sites (N-methyl/N-ethyl adjacent to an activating group) is 1. The van der Waals surface area contributed by atoms with Crippen LogP contribution in [0.3, 0.4) is 0 Å². The van der Waals surface area contributed by atoms with E-state index in [2.05, 4.69) is 5.32 Å². The van der Waals surface area contributed by atoms with Crippen molar-refractivity contribution in [2.24, 2.45) is 0 Å². The number of benzene rings is 1. The van der Waals surface area contributed by atoms with E-state index in [-0.39, 0.29) is 5.82 Å². The number of rotatable bonds is 6. The maximum Gasteiger partial charge on any atom is 0.129 e. The number of hydrogen-bond donors (Lipinski definition) is 2. The van der Waals surface area contributed by atoms with Gasteiger partial charge >= 0.3 is 0 Å². The summed E-state index contributed by atoms with van der Waals surface area (Å²) in [6.45, 7) is 4.92. The Labute approximate surface area is 125 Å². The summed E-state index contributed by atoms with van der Waals surface area (Å²) in [5.41, 5.74) is 0.725. The molecule has 0 aliphatic carbocycles. The number of ether oxygens (including phenoxy) is 1. The molecule has 1 aromatic rings. The molecule has 0 spiro atoms. The second-order valence-electron chi connectivity index (χ2n) is 5.71. The minimum absolute atomic E-state index is 0.209. The van der Waals surface area contributed by atoms with Crippen molar-refractivity contribution >= 4 is 5.69 Å². The van der Waals surface area contributed by atoms with Crippen molar-refractivity contribution in [3.8, 4) is 0 Å². The Hall–Kier alpha value is -1.17. The van der Waals surface area contributed by atoms with Gasteiger partial charge in [0.2, 0.25) is 0 Å². The van der Waals surface area contributed by atoms with E-state index in [1.54, 1.807) is 6.07 Å². The maximum absolute atomic E-state index is 14.1. The first kappa shape index (κ1) is 16.2. The highest BCUT2D eigenvalue weighted by Gasteiger charge is 2.31. The van der Waals surface area contributed by atoms with E-state index in [0.717, 1.165) is 12.2 Å². The summed E-state index contributed by atoms with van der Waals surface area (Å²) >= 11 is 0. The summed E-state index contributed by atoms with van der Waals surface area (Å²) in [7, 11) is 1.90. The second-order valence-corrected chi connectivity index (χ2v) is 5.71. The van der Waals surface area contributed by atoms with Crippen LogP contribution in [0.15, 0.2) is 18.2 Å². The average molecular weight is 296 g/mol. The van der Waals surface area contributed by atoms with Crippen LogP contribution in [0.5, 0.6) is 0 Å². The smallest absolute Gasteiger partial charge is 0.129 e. The fourth-order valence-electron chi connectivity index (χ4n) is 2.77. The monoisotopic (exact) mass is 296 g/mol. The first-order valence-electron chi connectivity index (χ1n) is 7.55. The number of aliphatic hydroxyl groups is 1. The van der Waals surface area contributed by atoms with E-state index in [0.29, 0.717) is 44.7 Å². The molecule has 1 fully saturated rings. The number of anilines is 1. The van der Waals surface area contributed by atoms with Gasteiger partial charge in [-0.1, -0.05) is 13.0 Å². The SMILES string of the molecule is CCNCc1c(F)cccc1N(C)CC1(O)CCOCC1. The van der Waals surface area contributed by atoms with Crippen LogP contribution in [-0.4, -0.2) is 44.1 Å². The fraction of sp³-hybridized carbons (Fsp3) is 0.625. The van der Waals surface area contributed by atoms with Crippen molar-refractivity contribution in [3.05, 3.63) is 29.6 Å². The molecule has 5 heteroatoms. The van der Waals surface area contributed by atoms with Gasteiger partial charge < -0.3 is 20.1 Å². The van der Waals surface area contributed by atoms with Crippen LogP contribution < -0.4 is 10.2 Å². The Balaban J connectivity index is 2.14. The van der Waals surface area contributed by atoms with Gasteiger partial charge in [-0.2, -0.15) is 0 Å². The molecular weight excluding hydrogens is 271 g/mol. The summed E-state index contributed by atoms with van der Waals surface area (Å²) in [5.74, 6) is -0.209. The molecule has 1 heterocycles. The van der Waals surface area contributed by atoms with Gasteiger partial charge in [0.15, 0.2) is 0 Å². The first-order valence-corrected chi connectivity index (χ1v) is 7.55. The molecule has 0 aromatic heterocycles. The van der Waals surface area contributed by atoms with Crippen molar-refractivity contribution < 1.29 is 14.2 Å². The molecule has 0 atom stereocenters. The van der Waals surface area contributed by atoms with Crippen molar-refractivity contribution in [2.75, 3.05) is 38.3 Å². The second kappa shape index (κ2) is 7.20. The van der Waals surface area contributed by atoms with Gasteiger partial charge in [0, 0.05) is 57.4 Å². The van der Waals surface area contributed by atoms with Gasteiger partial charge in [-0.3, -0.25) is 0 Å². The molecule has 0 radical (unpaired) electrons. The molecule has 118 valence electrons. The Morgan fingerprint density at radius 3 is 2.76 bits per heavy atom. The molecule has 4 nitrogen and oxygen atoms in total. The van der Waals surface area contributed by atoms with Crippen LogP contribution in [0, 0.1) is 5.82 Å². The molecule has 0 saturated carbocycles. The van der Waals surface area contributed by atoms with E-state index in [4.69, 9.17) is 4.74 Å². The summed E-state index contributed by atoms with van der Waals surface area (Å²) in [4.78, 5) is 1.95. The molecule has 0 unspecified atom stereocenters. The van der Waals surface area contributed by atoms with Crippen LogP contribution in [0.1, 0.15) is 25.3 Å². The van der Waals surface area contributed by atoms with Crippen LogP contribution in [-0.2, 0) is 11.3 Å². The topological polar surface area (TPSA) is 44.7 Å². The van der Waals surface area contributed by atoms with Crippen molar-refractivity contribution in [3.63, 3.8) is 0 Å². The number of nitrogens with one attached hydrogen (secondary N) is 1. The van der Waals surface area contributed by atoms with Gasteiger partial charge in [-0.25, -0.2) is 4.39 Å². The van der Waals surface area contributed by atoms with Gasteiger partial charge in [0.1, 0.15) is 5.82 Å². The van der Waals surface area contributed by atoms with E-state index in [1.807, 2.05) is 24.9 Å². The standard InChI is InChI=1S/C16H25FN2O2/c1-3-18-11-13-14(17)5-4-6-15(13)19(2)12-16(20)7-9-21-10-8-16/h4-6,18,20H,3,7-12H2,1-2H3. The largest absolute Gasteiger partial charge is 0.388 e. The Kier molecular flexibility index (Phi) is 5.56. The third-order valence-corrected chi connectivity index (χ3v) is 4.01. The molecule has 1 saturated heterocycles. The predicted octanol–water partition coefficient (Wildman–Crippen LogP) is 1.91. The summed E-state index contributed by atoms with van der Waals surface area (Å²) in [6, 6.07) is 5.09. The molecule has 2 N–H and O–H groups in total. The minimum Gasteiger partial charge on any atom is -0.388 e. The Bertz CT molecular complexity index is 462. The lowest BCUT2D eigenvalue weighted by Gasteiger charge is -2.36. The summed E-state index contributed by atoms with van der Waals surface area (Å²) in [5, 5.41) is 13.8.